The van der Waals surface area contributed by atoms with E-state index in [4.69, 9.17) is 61.6 Å². The third-order valence-corrected chi connectivity index (χ3v) is 13.3. The molecule has 7 aliphatic rings. The zero-order valence-corrected chi connectivity index (χ0v) is 37.7. The zero-order chi connectivity index (χ0) is 52.6. The van der Waals surface area contributed by atoms with Crippen molar-refractivity contribution >= 4 is 0 Å². The van der Waals surface area contributed by atoms with Gasteiger partial charge in [-0.1, -0.05) is 0 Å². The molecule has 0 amide bonds. The minimum absolute atomic E-state index is 0.471. The Morgan fingerprint density at radius 1 is 0.292 bits per heavy atom. The molecule has 7 aliphatic heterocycles. The van der Waals surface area contributed by atoms with Crippen LogP contribution < -0.4 is 0 Å². The van der Waals surface area contributed by atoms with Crippen LogP contribution in [0.5, 0.6) is 0 Å². The fourth-order valence-electron chi connectivity index (χ4n) is 8.85. The van der Waals surface area contributed by atoms with Gasteiger partial charge < -0.3 is 164 Å². The predicted molar refractivity (Wildman–Crippen MR) is 214 cm³/mol. The average Bonchev–Trinajstić information content (AvgIpc) is 3.36. The molecule has 72 heavy (non-hydrogen) atoms. The first-order valence-corrected chi connectivity index (χ1v) is 22.9. The maximum atomic E-state index is 11.7. The second-order valence-corrected chi connectivity index (χ2v) is 18.3. The number of ether oxygens (including phenoxy) is 13. The molecule has 32 atom stereocenters. The van der Waals surface area contributed by atoms with Gasteiger partial charge in [0.25, 0.3) is 0 Å². The molecule has 20 N–H and O–H groups in total. The molecule has 7 saturated heterocycles. The van der Waals surface area contributed by atoms with Gasteiger partial charge in [0.1, 0.15) is 153 Å². The van der Waals surface area contributed by atoms with Crippen LogP contribution in [0.3, 0.4) is 0 Å². The van der Waals surface area contributed by atoms with Crippen molar-refractivity contribution in [1.29, 1.82) is 0 Å². The minimum Gasteiger partial charge on any atom is -0.394 e. The van der Waals surface area contributed by atoms with E-state index in [0.29, 0.717) is 0 Å². The fraction of sp³-hybridized carbons (Fsp3) is 1.00. The van der Waals surface area contributed by atoms with Gasteiger partial charge in [-0.05, 0) is 0 Å². The molecule has 33 heteroatoms. The number of hydrogen-bond acceptors (Lipinski definition) is 33. The van der Waals surface area contributed by atoms with E-state index in [9.17, 15) is 102 Å². The molecule has 7 rings (SSSR count). The molecule has 0 unspecified atom stereocenters. The van der Waals surface area contributed by atoms with Gasteiger partial charge in [-0.25, -0.2) is 0 Å². The summed E-state index contributed by atoms with van der Waals surface area (Å²) in [7, 11) is 0. The quantitative estimate of drug-likeness (QED) is 0.0682. The molecule has 0 bridgehead atoms. The number of aliphatic hydroxyl groups excluding tert-OH is 20. The second-order valence-electron chi connectivity index (χ2n) is 18.3. The largest absolute Gasteiger partial charge is 0.394 e. The molecule has 0 aliphatic carbocycles. The molecule has 33 nitrogen and oxygen atoms in total. The van der Waals surface area contributed by atoms with Crippen LogP contribution >= 0.6 is 0 Å². The SMILES string of the molecule is OC[C@H]1O[C@@H](O)[C@H](O)[C@H](O)[C@@H]1O[C@@H]1O[C@H](CO[C@H]2OC[C@@H](O)[C@H](O)[C@H]2O)[C@@H](O[C@@H]2O[C@H](CO[C@H]3OC[C@@H](O)[C@H](O)[C@H]3O)[C@@H](O[C@@H]3O[C@H](CO[C@H]4OC[C@@H](O)[C@H](O)[C@H]4O)[C@@H](O)[C@H](O)[C@H]3O)[C@H](O)[C@H]2O)[C@H](O)[C@H]1O. The van der Waals surface area contributed by atoms with Gasteiger partial charge in [0.2, 0.25) is 0 Å². The van der Waals surface area contributed by atoms with Crippen LogP contribution in [0.4, 0.5) is 0 Å². The van der Waals surface area contributed by atoms with E-state index < -0.39 is 243 Å². The van der Waals surface area contributed by atoms with Crippen molar-refractivity contribution in [2.75, 3.05) is 46.2 Å². The minimum atomic E-state index is -2.30. The summed E-state index contributed by atoms with van der Waals surface area (Å²) in [6.07, 6.45) is -60.4. The van der Waals surface area contributed by atoms with E-state index in [2.05, 4.69) is 0 Å². The second kappa shape index (κ2) is 25.0. The lowest BCUT2D eigenvalue weighted by atomic mass is 9.95. The average molecular weight is 1060 g/mol. The third kappa shape index (κ3) is 12.5. The van der Waals surface area contributed by atoms with Crippen LogP contribution in [0.15, 0.2) is 0 Å². The highest BCUT2D eigenvalue weighted by Gasteiger charge is 2.56. The molecular formula is C39H66O33. The molecule has 0 spiro atoms. The Bertz CT molecular complexity index is 1660. The summed E-state index contributed by atoms with van der Waals surface area (Å²) in [6.45, 7) is -4.95. The monoisotopic (exact) mass is 1060 g/mol. The lowest BCUT2D eigenvalue weighted by Gasteiger charge is -2.49. The van der Waals surface area contributed by atoms with Crippen molar-refractivity contribution in [2.24, 2.45) is 0 Å². The van der Waals surface area contributed by atoms with E-state index in [1.165, 1.54) is 0 Å². The Hall–Kier alpha value is -1.32. The van der Waals surface area contributed by atoms with Crippen LogP contribution in [-0.2, 0) is 61.6 Å². The van der Waals surface area contributed by atoms with Crippen molar-refractivity contribution in [1.82, 2.24) is 0 Å². The molecule has 7 fully saturated rings. The zero-order valence-electron chi connectivity index (χ0n) is 37.7. The molecule has 0 saturated carbocycles. The van der Waals surface area contributed by atoms with E-state index >= 15 is 0 Å². The van der Waals surface area contributed by atoms with Crippen LogP contribution in [0.1, 0.15) is 0 Å². The van der Waals surface area contributed by atoms with Crippen molar-refractivity contribution < 1.29 is 164 Å². The van der Waals surface area contributed by atoms with Gasteiger partial charge in [0, 0.05) is 0 Å². The lowest BCUT2D eigenvalue weighted by Crippen LogP contribution is -2.68. The van der Waals surface area contributed by atoms with Gasteiger partial charge in [0.15, 0.2) is 44.0 Å². The fourth-order valence-corrected chi connectivity index (χ4v) is 8.85. The summed E-state index contributed by atoms with van der Waals surface area (Å²) < 4.78 is 72.6. The Morgan fingerprint density at radius 2 is 0.597 bits per heavy atom. The molecular weight excluding hydrogens is 996 g/mol. The summed E-state index contributed by atoms with van der Waals surface area (Å²) in [5, 5.41) is 211. The van der Waals surface area contributed by atoms with Crippen LogP contribution in [0, 0.1) is 0 Å². The van der Waals surface area contributed by atoms with E-state index in [0.717, 1.165) is 0 Å². The molecule has 7 heterocycles. The standard InChI is InChI=1S/C39H66O33/c40-1-11-30(20(49)23(52)33(59)66-11)70-38-28(57)21(50)32(14(68-38)7-65-36-26(55)17(46)10(43)4-62-36)72-39-29(58)22(51)31(13(69-39)6-64-35-25(54)16(45)9(42)3-61-35)71-37-27(56)19(48)18(47)12(67-37)5-63-34-24(53)15(44)8(41)2-60-34/h8-59H,1-7H2/t8-,9-,10-,11-,12-,13-,14-,15+,16+,17+,18-,19+,20+,21-,22-,23-,24-,25-,26-,27-,28-,29-,30-,31-,32-,33-,34-,35-,36-,37+,38+,39+/m1/s1. The highest BCUT2D eigenvalue weighted by molar-refractivity contribution is 4.99. The van der Waals surface area contributed by atoms with Gasteiger partial charge in [-0.2, -0.15) is 0 Å². The summed E-state index contributed by atoms with van der Waals surface area (Å²) in [4.78, 5) is 0. The van der Waals surface area contributed by atoms with E-state index in [1.54, 1.807) is 0 Å². The molecule has 0 aromatic rings. The highest BCUT2D eigenvalue weighted by atomic mass is 16.8. The summed E-state index contributed by atoms with van der Waals surface area (Å²) in [5.74, 6) is 0. The first kappa shape index (κ1) is 58.4. The molecule has 0 radical (unpaired) electrons. The Labute approximate surface area is 406 Å². The van der Waals surface area contributed by atoms with Crippen LogP contribution in [0.2, 0.25) is 0 Å². The van der Waals surface area contributed by atoms with Crippen LogP contribution in [-0.4, -0.2) is 345 Å². The van der Waals surface area contributed by atoms with E-state index in [1.807, 2.05) is 0 Å². The summed E-state index contributed by atoms with van der Waals surface area (Å²) in [6, 6.07) is 0. The Balaban J connectivity index is 1.11. The van der Waals surface area contributed by atoms with Gasteiger partial charge in [-0.15, -0.1) is 0 Å². The smallest absolute Gasteiger partial charge is 0.187 e. The maximum absolute atomic E-state index is 11.7. The number of hydrogen-bond donors (Lipinski definition) is 20. The van der Waals surface area contributed by atoms with Crippen LogP contribution in [0.25, 0.3) is 0 Å². The molecule has 0 aromatic carbocycles. The lowest BCUT2D eigenvalue weighted by molar-refractivity contribution is -0.393. The topological polar surface area (TPSA) is 525 Å². The van der Waals surface area contributed by atoms with E-state index in [-0.39, 0.29) is 0 Å². The summed E-state index contributed by atoms with van der Waals surface area (Å²) >= 11 is 0. The Kier molecular flexibility index (Phi) is 20.3. The van der Waals surface area contributed by atoms with Crippen molar-refractivity contribution in [2.45, 2.75) is 197 Å². The maximum Gasteiger partial charge on any atom is 0.187 e. The summed E-state index contributed by atoms with van der Waals surface area (Å²) in [5.41, 5.74) is 0. The van der Waals surface area contributed by atoms with Crippen molar-refractivity contribution in [3.8, 4) is 0 Å². The van der Waals surface area contributed by atoms with Gasteiger partial charge in [-0.3, -0.25) is 0 Å². The van der Waals surface area contributed by atoms with Crippen molar-refractivity contribution in [3.05, 3.63) is 0 Å². The molecule has 0 aromatic heterocycles. The van der Waals surface area contributed by atoms with Crippen molar-refractivity contribution in [3.63, 3.8) is 0 Å². The molecule has 420 valence electrons. The Morgan fingerprint density at radius 3 is 0.972 bits per heavy atom. The number of rotatable bonds is 16. The first-order chi connectivity index (χ1) is 34.0. The van der Waals surface area contributed by atoms with Gasteiger partial charge >= 0.3 is 0 Å². The highest BCUT2D eigenvalue weighted by Crippen LogP contribution is 2.36. The normalized spacial score (nSPS) is 53.8. The third-order valence-electron chi connectivity index (χ3n) is 13.3. The van der Waals surface area contributed by atoms with Gasteiger partial charge in [0.05, 0.1) is 46.2 Å². The first-order valence-electron chi connectivity index (χ1n) is 22.9. The number of aliphatic hydroxyl groups is 20. The predicted octanol–water partition coefficient (Wildman–Crippen LogP) is -14.4.